The number of nitro benzene ring substituents is 1. The smallest absolute Gasteiger partial charge is 0.273 e. The fraction of sp³-hybridized carbons (Fsp3) is 0.125. The van der Waals surface area contributed by atoms with Gasteiger partial charge in [0.15, 0.2) is 0 Å². The molecule has 0 aliphatic heterocycles. The number of carbonyl (C=O) groups is 1. The number of benzene rings is 2. The molecule has 0 unspecified atom stereocenters. The van der Waals surface area contributed by atoms with Gasteiger partial charge in [0.25, 0.3) is 5.69 Å². The van der Waals surface area contributed by atoms with Gasteiger partial charge in [0.1, 0.15) is 5.75 Å². The summed E-state index contributed by atoms with van der Waals surface area (Å²) in [6.45, 7) is 0. The Hall–Kier alpha value is -2.99. The second-order valence-corrected chi connectivity index (χ2v) is 7.19. The van der Waals surface area contributed by atoms with Crippen molar-refractivity contribution in [2.24, 2.45) is 0 Å². The molecule has 144 valence electrons. The largest absolute Gasteiger partial charge is 0.494 e. The summed E-state index contributed by atoms with van der Waals surface area (Å²) in [5.74, 6) is -0.0911. The molecule has 0 fully saturated rings. The molecule has 0 aliphatic carbocycles. The van der Waals surface area contributed by atoms with Gasteiger partial charge in [0.2, 0.25) is 11.1 Å². The van der Waals surface area contributed by atoms with Crippen LogP contribution in [0, 0.1) is 10.1 Å². The lowest BCUT2D eigenvalue weighted by Gasteiger charge is -2.10. The van der Waals surface area contributed by atoms with Crippen molar-refractivity contribution in [2.75, 3.05) is 18.2 Å². The molecule has 2 aromatic carbocycles. The van der Waals surface area contributed by atoms with E-state index in [1.165, 1.54) is 30.0 Å². The minimum atomic E-state index is -0.536. The van der Waals surface area contributed by atoms with Crippen LogP contribution in [0.15, 0.2) is 52.1 Å². The Morgan fingerprint density at radius 1 is 1.32 bits per heavy atom. The SMILES string of the molecule is COc1cc([N+](=O)[O-])ccc1NC(=O)CSc1nnnn1-c1ccc(Br)cc1. The highest BCUT2D eigenvalue weighted by atomic mass is 79.9. The second kappa shape index (κ2) is 8.80. The van der Waals surface area contributed by atoms with Crippen LogP contribution >= 0.6 is 27.7 Å². The number of amides is 1. The van der Waals surface area contributed by atoms with Crippen LogP contribution in [-0.4, -0.2) is 43.9 Å². The minimum Gasteiger partial charge on any atom is -0.494 e. The summed E-state index contributed by atoms with van der Waals surface area (Å²) >= 11 is 4.52. The first-order valence-electron chi connectivity index (χ1n) is 7.77. The van der Waals surface area contributed by atoms with E-state index < -0.39 is 4.92 Å². The Bertz CT molecular complexity index is 1010. The predicted molar refractivity (Wildman–Crippen MR) is 106 cm³/mol. The van der Waals surface area contributed by atoms with Gasteiger partial charge in [-0.2, -0.15) is 4.68 Å². The van der Waals surface area contributed by atoms with Crippen LogP contribution in [-0.2, 0) is 4.79 Å². The molecule has 0 radical (unpaired) electrons. The quantitative estimate of drug-likeness (QED) is 0.321. The van der Waals surface area contributed by atoms with Crippen LogP contribution in [0.5, 0.6) is 5.75 Å². The Kier molecular flexibility index (Phi) is 6.21. The molecule has 12 heteroatoms. The third-order valence-electron chi connectivity index (χ3n) is 3.51. The molecule has 0 atom stereocenters. The Labute approximate surface area is 171 Å². The molecule has 1 N–H and O–H groups in total. The number of thioether (sulfide) groups is 1. The molecule has 10 nitrogen and oxygen atoms in total. The van der Waals surface area contributed by atoms with Gasteiger partial charge in [-0.3, -0.25) is 14.9 Å². The number of non-ortho nitro benzene ring substituents is 1. The second-order valence-electron chi connectivity index (χ2n) is 5.33. The number of carbonyl (C=O) groups excluding carboxylic acids is 1. The lowest BCUT2D eigenvalue weighted by Crippen LogP contribution is -2.15. The zero-order chi connectivity index (χ0) is 20.1. The molecule has 0 saturated carbocycles. The summed E-state index contributed by atoms with van der Waals surface area (Å²) in [5.41, 5.74) is 0.970. The number of ether oxygens (including phenoxy) is 1. The summed E-state index contributed by atoms with van der Waals surface area (Å²) in [7, 11) is 1.37. The number of anilines is 1. The first kappa shape index (κ1) is 19.8. The molecule has 3 rings (SSSR count). The zero-order valence-corrected chi connectivity index (χ0v) is 16.8. The third-order valence-corrected chi connectivity index (χ3v) is 4.96. The first-order chi connectivity index (χ1) is 13.5. The molecular formula is C16H13BrN6O4S. The van der Waals surface area contributed by atoms with E-state index in [0.29, 0.717) is 10.8 Å². The van der Waals surface area contributed by atoms with Gasteiger partial charge in [-0.05, 0) is 40.8 Å². The number of hydrogen-bond acceptors (Lipinski definition) is 8. The minimum absolute atomic E-state index is 0.0387. The molecule has 1 aromatic heterocycles. The first-order valence-corrected chi connectivity index (χ1v) is 9.55. The summed E-state index contributed by atoms with van der Waals surface area (Å²) in [5, 5.41) is 25.5. The number of methoxy groups -OCH3 is 1. The topological polar surface area (TPSA) is 125 Å². The summed E-state index contributed by atoms with van der Waals surface area (Å²) in [4.78, 5) is 22.6. The number of rotatable bonds is 7. The Balaban J connectivity index is 1.67. The molecule has 0 saturated heterocycles. The number of nitrogens with one attached hydrogen (secondary N) is 1. The van der Waals surface area contributed by atoms with Crippen LogP contribution in [0.2, 0.25) is 0 Å². The molecule has 0 bridgehead atoms. The van der Waals surface area contributed by atoms with Gasteiger partial charge in [0.05, 0.1) is 35.2 Å². The van der Waals surface area contributed by atoms with Gasteiger partial charge in [-0.1, -0.05) is 27.7 Å². The maximum absolute atomic E-state index is 12.3. The van der Waals surface area contributed by atoms with E-state index >= 15 is 0 Å². The molecule has 1 amide bonds. The van der Waals surface area contributed by atoms with Crippen LogP contribution in [0.4, 0.5) is 11.4 Å². The molecular weight excluding hydrogens is 452 g/mol. The number of nitrogens with zero attached hydrogens (tertiary/aromatic N) is 5. The lowest BCUT2D eigenvalue weighted by molar-refractivity contribution is -0.384. The average molecular weight is 465 g/mol. The van der Waals surface area contributed by atoms with E-state index in [1.807, 2.05) is 24.3 Å². The number of tetrazole rings is 1. The van der Waals surface area contributed by atoms with Gasteiger partial charge in [-0.25, -0.2) is 0 Å². The number of nitro groups is 1. The van der Waals surface area contributed by atoms with E-state index in [2.05, 4.69) is 36.8 Å². The van der Waals surface area contributed by atoms with Crippen LogP contribution in [0.1, 0.15) is 0 Å². The fourth-order valence-electron chi connectivity index (χ4n) is 2.23. The summed E-state index contributed by atoms with van der Waals surface area (Å²) in [6, 6.07) is 11.4. The normalized spacial score (nSPS) is 10.5. The van der Waals surface area contributed by atoms with Crippen molar-refractivity contribution in [3.05, 3.63) is 57.1 Å². The van der Waals surface area contributed by atoms with Crippen LogP contribution in [0.3, 0.4) is 0 Å². The standard InChI is InChI=1S/C16H13BrN6O4S/c1-27-14-8-12(23(25)26)6-7-13(14)18-15(24)9-28-16-19-20-21-22(16)11-4-2-10(17)3-5-11/h2-8H,9H2,1H3,(H,18,24). The molecule has 0 aliphatic rings. The van der Waals surface area contributed by atoms with Crippen molar-refractivity contribution < 1.29 is 14.5 Å². The maximum Gasteiger partial charge on any atom is 0.273 e. The highest BCUT2D eigenvalue weighted by molar-refractivity contribution is 9.10. The fourth-order valence-corrected chi connectivity index (χ4v) is 3.18. The summed E-state index contributed by atoms with van der Waals surface area (Å²) in [6.07, 6.45) is 0. The maximum atomic E-state index is 12.3. The number of halogens is 1. The Morgan fingerprint density at radius 3 is 2.75 bits per heavy atom. The Morgan fingerprint density at radius 2 is 2.07 bits per heavy atom. The molecule has 0 spiro atoms. The molecule has 28 heavy (non-hydrogen) atoms. The van der Waals surface area contributed by atoms with Crippen LogP contribution in [0.25, 0.3) is 5.69 Å². The van der Waals surface area contributed by atoms with Crippen molar-refractivity contribution in [1.82, 2.24) is 20.2 Å². The number of aromatic nitrogens is 4. The van der Waals surface area contributed by atoms with Gasteiger partial charge in [0, 0.05) is 10.5 Å². The van der Waals surface area contributed by atoms with Crippen molar-refractivity contribution >= 4 is 45.0 Å². The van der Waals surface area contributed by atoms with E-state index in [-0.39, 0.29) is 23.1 Å². The van der Waals surface area contributed by atoms with Gasteiger partial charge < -0.3 is 10.1 Å². The van der Waals surface area contributed by atoms with Gasteiger partial charge in [-0.15, -0.1) is 5.10 Å². The van der Waals surface area contributed by atoms with E-state index in [1.54, 1.807) is 0 Å². The lowest BCUT2D eigenvalue weighted by atomic mass is 10.2. The number of hydrogen-bond donors (Lipinski definition) is 1. The monoisotopic (exact) mass is 464 g/mol. The van der Waals surface area contributed by atoms with Crippen molar-refractivity contribution in [3.8, 4) is 11.4 Å². The van der Waals surface area contributed by atoms with E-state index in [9.17, 15) is 14.9 Å². The van der Waals surface area contributed by atoms with Gasteiger partial charge >= 0.3 is 0 Å². The zero-order valence-electron chi connectivity index (χ0n) is 14.4. The molecule has 1 heterocycles. The highest BCUT2D eigenvalue weighted by Gasteiger charge is 2.15. The predicted octanol–water partition coefficient (Wildman–Crippen LogP) is 3.07. The average Bonchev–Trinajstić information content (AvgIpc) is 3.15. The van der Waals surface area contributed by atoms with Crippen molar-refractivity contribution in [2.45, 2.75) is 5.16 Å². The summed E-state index contributed by atoms with van der Waals surface area (Å²) < 4.78 is 7.56. The van der Waals surface area contributed by atoms with Crippen molar-refractivity contribution in [3.63, 3.8) is 0 Å². The highest BCUT2D eigenvalue weighted by Crippen LogP contribution is 2.29. The van der Waals surface area contributed by atoms with E-state index in [0.717, 1.165) is 21.9 Å². The van der Waals surface area contributed by atoms with E-state index in [4.69, 9.17) is 4.74 Å². The van der Waals surface area contributed by atoms with Crippen LogP contribution < -0.4 is 10.1 Å². The third kappa shape index (κ3) is 4.64. The molecule has 3 aromatic rings. The van der Waals surface area contributed by atoms with Crippen molar-refractivity contribution in [1.29, 1.82) is 0 Å².